The molecule has 1 amide bonds. The van der Waals surface area contributed by atoms with Crippen LogP contribution in [-0.2, 0) is 49.3 Å². The van der Waals surface area contributed by atoms with Crippen molar-refractivity contribution in [3.05, 3.63) is 97.0 Å². The number of amides is 1. The summed E-state index contributed by atoms with van der Waals surface area (Å²) in [5.74, 6) is 6.45. The topological polar surface area (TPSA) is 55.1 Å². The summed E-state index contributed by atoms with van der Waals surface area (Å²) in [6, 6.07) is 9.25. The van der Waals surface area contributed by atoms with E-state index < -0.39 is 0 Å². The SMILES string of the molecule is CC.CC.CC.CC#Cc1ccc(NC(=O)Cc2cc(C(C)(C)C)on2)cc1.[CH-]=CC=[C-]C=CC=[CH-].[Y+3]. The maximum atomic E-state index is 12.0. The molecule has 0 fully saturated rings. The van der Waals surface area contributed by atoms with Gasteiger partial charge in [-0.25, -0.2) is 18.2 Å². The molecule has 0 aliphatic carbocycles. The molecule has 0 bridgehead atoms. The predicted molar refractivity (Wildman–Crippen MR) is 155 cm³/mol. The molecule has 0 saturated carbocycles. The third-order valence-electron chi connectivity index (χ3n) is 3.57. The van der Waals surface area contributed by atoms with E-state index in [1.54, 1.807) is 25.2 Å². The molecule has 37 heavy (non-hydrogen) atoms. The number of carbonyl (C=O) groups excluding carboxylic acids is 1. The average molecular weight is 579 g/mol. The van der Waals surface area contributed by atoms with Gasteiger partial charge in [-0.2, -0.15) is 0 Å². The molecule has 2 aromatic rings. The summed E-state index contributed by atoms with van der Waals surface area (Å²) >= 11 is 0. The van der Waals surface area contributed by atoms with Crippen molar-refractivity contribution in [2.75, 3.05) is 5.32 Å². The molecule has 0 aliphatic heterocycles. The Morgan fingerprint density at radius 1 is 1.05 bits per heavy atom. The summed E-state index contributed by atoms with van der Waals surface area (Å²) in [5.41, 5.74) is 2.19. The zero-order chi connectivity index (χ0) is 28.4. The van der Waals surface area contributed by atoms with Crippen molar-refractivity contribution >= 4 is 11.6 Å². The van der Waals surface area contributed by atoms with Crippen LogP contribution in [0.3, 0.4) is 0 Å². The third-order valence-corrected chi connectivity index (χ3v) is 3.57. The second-order valence-corrected chi connectivity index (χ2v) is 7.19. The minimum atomic E-state index is -0.122. The van der Waals surface area contributed by atoms with Gasteiger partial charge in [-0.15, -0.1) is 5.92 Å². The predicted octanol–water partition coefficient (Wildman–Crippen LogP) is 8.48. The van der Waals surface area contributed by atoms with Crippen LogP contribution in [0.4, 0.5) is 5.69 Å². The Morgan fingerprint density at radius 3 is 2.05 bits per heavy atom. The first-order valence-electron chi connectivity index (χ1n) is 12.4. The Hall–Kier alpha value is -2.48. The Labute approximate surface area is 252 Å². The van der Waals surface area contributed by atoms with Gasteiger partial charge in [0.2, 0.25) is 5.91 Å². The fraction of sp³-hybridized carbons (Fsp3) is 0.375. The van der Waals surface area contributed by atoms with E-state index in [9.17, 15) is 4.79 Å². The minimum Gasteiger partial charge on any atom is -0.361 e. The number of hydrogen-bond acceptors (Lipinski definition) is 3. The number of rotatable bonds is 6. The summed E-state index contributed by atoms with van der Waals surface area (Å²) < 4.78 is 5.28. The van der Waals surface area contributed by atoms with Crippen molar-refractivity contribution in [2.45, 2.75) is 81.1 Å². The average Bonchev–Trinajstić information content (AvgIpc) is 3.36. The van der Waals surface area contributed by atoms with Crippen LogP contribution in [0.2, 0.25) is 0 Å². The molecular weight excluding hydrogens is 533 g/mol. The molecular formula is C32H45N2O2Y. The molecule has 0 atom stereocenters. The molecule has 0 spiro atoms. The van der Waals surface area contributed by atoms with E-state index in [1.807, 2.05) is 92.6 Å². The number of allylic oxidation sites excluding steroid dienone is 6. The van der Waals surface area contributed by atoms with Crippen molar-refractivity contribution in [3.8, 4) is 11.8 Å². The summed E-state index contributed by atoms with van der Waals surface area (Å²) in [7, 11) is 0. The van der Waals surface area contributed by atoms with Crippen LogP contribution in [0.25, 0.3) is 0 Å². The molecule has 0 unspecified atom stereocenters. The zero-order valence-corrected chi connectivity index (χ0v) is 27.3. The Kier molecular flexibility index (Phi) is 31.6. The fourth-order valence-corrected chi connectivity index (χ4v) is 2.12. The Balaban J connectivity index is -0.000000307. The maximum absolute atomic E-state index is 12.0. The normalized spacial score (nSPS) is 9.14. The molecule has 0 radical (unpaired) electrons. The molecule has 0 saturated heterocycles. The van der Waals surface area contributed by atoms with Crippen LogP contribution in [0.5, 0.6) is 0 Å². The van der Waals surface area contributed by atoms with Gasteiger partial charge in [0, 0.05) is 22.7 Å². The van der Waals surface area contributed by atoms with Crippen LogP contribution >= 0.6 is 0 Å². The fourth-order valence-electron chi connectivity index (χ4n) is 2.12. The van der Waals surface area contributed by atoms with Crippen LogP contribution in [0.15, 0.2) is 65.2 Å². The van der Waals surface area contributed by atoms with E-state index in [1.165, 1.54) is 12.2 Å². The van der Waals surface area contributed by atoms with Gasteiger partial charge in [0.1, 0.15) is 5.76 Å². The van der Waals surface area contributed by atoms with E-state index in [2.05, 4.69) is 28.4 Å². The number of nitrogens with one attached hydrogen (secondary N) is 1. The molecule has 5 heteroatoms. The number of aromatic nitrogens is 1. The quantitative estimate of drug-likeness (QED) is 0.213. The van der Waals surface area contributed by atoms with Crippen LogP contribution in [0, 0.1) is 31.1 Å². The van der Waals surface area contributed by atoms with Gasteiger partial charge in [0.05, 0.1) is 12.1 Å². The standard InChI is InChI=1S/C18H20N2O2.C8H7.3C2H6.Y/c1-5-6-13-7-9-14(10-8-13)19-17(21)12-15-11-16(22-20-15)18(2,3)4;1-3-5-7-8-6-4-2;3*1-2;/h7-11H,12H2,1-4H3,(H,19,21);1-7H;3*1-2H3;/q;-3;;;;+3. The minimum absolute atomic E-state index is 0. The number of hydrogen-bond donors (Lipinski definition) is 1. The van der Waals surface area contributed by atoms with Crippen molar-refractivity contribution in [3.63, 3.8) is 0 Å². The summed E-state index contributed by atoms with van der Waals surface area (Å²) in [4.78, 5) is 12.0. The maximum Gasteiger partial charge on any atom is 3.00 e. The van der Waals surface area contributed by atoms with E-state index in [0.717, 1.165) is 17.0 Å². The van der Waals surface area contributed by atoms with E-state index in [-0.39, 0.29) is 50.5 Å². The Morgan fingerprint density at radius 2 is 1.62 bits per heavy atom. The van der Waals surface area contributed by atoms with Gasteiger partial charge >= 0.3 is 32.7 Å². The zero-order valence-electron chi connectivity index (χ0n) is 24.5. The van der Waals surface area contributed by atoms with Crippen LogP contribution < -0.4 is 5.32 Å². The van der Waals surface area contributed by atoms with Crippen LogP contribution in [-0.4, -0.2) is 11.1 Å². The first kappa shape index (κ1) is 41.6. The van der Waals surface area contributed by atoms with E-state index in [4.69, 9.17) is 17.7 Å². The van der Waals surface area contributed by atoms with Crippen molar-refractivity contribution in [2.24, 2.45) is 0 Å². The van der Waals surface area contributed by atoms with E-state index >= 15 is 0 Å². The molecule has 1 N–H and O–H groups in total. The molecule has 0 aliphatic rings. The monoisotopic (exact) mass is 578 g/mol. The first-order chi connectivity index (χ1) is 17.3. The van der Waals surface area contributed by atoms with Crippen molar-refractivity contribution in [1.29, 1.82) is 0 Å². The van der Waals surface area contributed by atoms with Gasteiger partial charge in [0.25, 0.3) is 0 Å². The van der Waals surface area contributed by atoms with Gasteiger partial charge in [0.15, 0.2) is 0 Å². The van der Waals surface area contributed by atoms with Gasteiger partial charge in [-0.3, -0.25) is 17.4 Å². The van der Waals surface area contributed by atoms with E-state index in [0.29, 0.717) is 5.69 Å². The number of benzene rings is 1. The second kappa shape index (κ2) is 28.1. The summed E-state index contributed by atoms with van der Waals surface area (Å²) in [6.07, 6.45) is 10.7. The smallest absolute Gasteiger partial charge is 0.361 e. The number of anilines is 1. The molecule has 1 heterocycles. The third kappa shape index (κ3) is 22.4. The van der Waals surface area contributed by atoms with Gasteiger partial charge < -0.3 is 28.6 Å². The number of nitrogens with zero attached hydrogens (tertiary/aromatic N) is 1. The first-order valence-corrected chi connectivity index (χ1v) is 12.4. The molecule has 198 valence electrons. The van der Waals surface area contributed by atoms with Crippen molar-refractivity contribution < 1.29 is 42.0 Å². The molecule has 2 rings (SSSR count). The van der Waals surface area contributed by atoms with Gasteiger partial charge in [-0.1, -0.05) is 73.4 Å². The molecule has 1 aromatic carbocycles. The molecule has 4 nitrogen and oxygen atoms in total. The van der Waals surface area contributed by atoms with Crippen LogP contribution in [0.1, 0.15) is 86.3 Å². The largest absolute Gasteiger partial charge is 3.00 e. The van der Waals surface area contributed by atoms with Crippen molar-refractivity contribution in [1.82, 2.24) is 5.16 Å². The number of carbonyl (C=O) groups is 1. The second-order valence-electron chi connectivity index (χ2n) is 7.19. The molecule has 1 aromatic heterocycles. The summed E-state index contributed by atoms with van der Waals surface area (Å²) in [5, 5.41) is 6.79. The van der Waals surface area contributed by atoms with Gasteiger partial charge in [-0.05, 0) is 31.2 Å². The Bertz CT molecular complexity index is 935. The summed E-state index contributed by atoms with van der Waals surface area (Å²) in [6.45, 7) is 29.9.